The Kier molecular flexibility index (Phi) is 4.02. The molecule has 88 valence electrons. The van der Waals surface area contributed by atoms with Crippen molar-refractivity contribution < 1.29 is 13.2 Å². The Hall–Kier alpha value is -0.970. The van der Waals surface area contributed by atoms with E-state index in [1.54, 1.807) is 6.92 Å². The molecule has 2 unspecified atom stereocenters. The SMILES string of the molecule is CC(C=S)c1cc(C(C)C(F)(F)F)ccn1. The van der Waals surface area contributed by atoms with Crippen LogP contribution in [0.4, 0.5) is 13.2 Å². The average molecular weight is 247 g/mol. The third-order valence-corrected chi connectivity index (χ3v) is 2.88. The van der Waals surface area contributed by atoms with E-state index >= 15 is 0 Å². The average Bonchev–Trinajstić information content (AvgIpc) is 2.26. The number of hydrogen-bond acceptors (Lipinski definition) is 2. The number of alkyl halides is 3. The van der Waals surface area contributed by atoms with Crippen LogP contribution in [0.5, 0.6) is 0 Å². The van der Waals surface area contributed by atoms with Crippen molar-refractivity contribution in [1.29, 1.82) is 0 Å². The van der Waals surface area contributed by atoms with Gasteiger partial charge in [0.2, 0.25) is 0 Å². The second-order valence-electron chi connectivity index (χ2n) is 3.70. The summed E-state index contributed by atoms with van der Waals surface area (Å²) in [5.74, 6) is -1.60. The zero-order chi connectivity index (χ0) is 12.3. The van der Waals surface area contributed by atoms with Gasteiger partial charge in [0.15, 0.2) is 0 Å². The number of pyridine rings is 1. The van der Waals surface area contributed by atoms with Crippen molar-refractivity contribution in [2.75, 3.05) is 0 Å². The van der Waals surface area contributed by atoms with Gasteiger partial charge in [0, 0.05) is 17.8 Å². The molecule has 0 aliphatic carbocycles. The molecule has 1 heterocycles. The fraction of sp³-hybridized carbons (Fsp3) is 0.455. The molecule has 0 N–H and O–H groups in total. The van der Waals surface area contributed by atoms with Gasteiger partial charge in [-0.1, -0.05) is 19.1 Å². The Morgan fingerprint density at radius 3 is 2.50 bits per heavy atom. The summed E-state index contributed by atoms with van der Waals surface area (Å²) in [5.41, 5.74) is 0.796. The number of aromatic nitrogens is 1. The van der Waals surface area contributed by atoms with Crippen LogP contribution in [0.2, 0.25) is 0 Å². The van der Waals surface area contributed by atoms with Gasteiger partial charge < -0.3 is 0 Å². The molecule has 0 bridgehead atoms. The van der Waals surface area contributed by atoms with Crippen molar-refractivity contribution in [3.8, 4) is 0 Å². The number of hydrogen-bond donors (Lipinski definition) is 0. The smallest absolute Gasteiger partial charge is 0.261 e. The van der Waals surface area contributed by atoms with E-state index in [0.29, 0.717) is 5.69 Å². The van der Waals surface area contributed by atoms with Gasteiger partial charge in [-0.15, -0.1) is 0 Å². The van der Waals surface area contributed by atoms with E-state index in [9.17, 15) is 13.2 Å². The molecule has 16 heavy (non-hydrogen) atoms. The summed E-state index contributed by atoms with van der Waals surface area (Å²) >= 11 is 4.75. The first-order valence-corrected chi connectivity index (χ1v) is 5.31. The van der Waals surface area contributed by atoms with Crippen molar-refractivity contribution in [3.63, 3.8) is 0 Å². The van der Waals surface area contributed by atoms with Crippen molar-refractivity contribution in [3.05, 3.63) is 29.6 Å². The molecule has 0 aliphatic heterocycles. The minimum Gasteiger partial charge on any atom is -0.261 e. The molecule has 5 heteroatoms. The van der Waals surface area contributed by atoms with Gasteiger partial charge in [-0.2, -0.15) is 13.2 Å². The molecule has 1 rings (SSSR count). The second kappa shape index (κ2) is 4.91. The van der Waals surface area contributed by atoms with Gasteiger partial charge in [0.25, 0.3) is 0 Å². The molecule has 0 spiro atoms. The predicted octanol–water partition coefficient (Wildman–Crippen LogP) is 3.85. The highest BCUT2D eigenvalue weighted by Crippen LogP contribution is 2.34. The van der Waals surface area contributed by atoms with Crippen molar-refractivity contribution >= 4 is 17.6 Å². The van der Waals surface area contributed by atoms with Crippen LogP contribution in [0.15, 0.2) is 18.3 Å². The Balaban J connectivity index is 3.03. The molecule has 0 fully saturated rings. The van der Waals surface area contributed by atoms with Crippen LogP contribution in [0.25, 0.3) is 0 Å². The Bertz CT molecular complexity index is 376. The van der Waals surface area contributed by atoms with E-state index in [-0.39, 0.29) is 11.5 Å². The Morgan fingerprint density at radius 1 is 1.38 bits per heavy atom. The number of thiocarbonyl (C=S) groups is 1. The minimum atomic E-state index is -4.22. The topological polar surface area (TPSA) is 12.9 Å². The van der Waals surface area contributed by atoms with E-state index in [0.717, 1.165) is 6.92 Å². The van der Waals surface area contributed by atoms with Gasteiger partial charge in [-0.05, 0) is 30.0 Å². The lowest BCUT2D eigenvalue weighted by Crippen LogP contribution is -2.18. The summed E-state index contributed by atoms with van der Waals surface area (Å²) in [7, 11) is 0. The zero-order valence-corrected chi connectivity index (χ0v) is 9.77. The maximum absolute atomic E-state index is 12.5. The lowest BCUT2D eigenvalue weighted by molar-refractivity contribution is -0.146. The fourth-order valence-corrected chi connectivity index (χ4v) is 1.38. The quantitative estimate of drug-likeness (QED) is 0.752. The van der Waals surface area contributed by atoms with E-state index < -0.39 is 12.1 Å². The van der Waals surface area contributed by atoms with Gasteiger partial charge in [-0.3, -0.25) is 4.98 Å². The predicted molar refractivity (Wildman–Crippen MR) is 60.8 cm³/mol. The second-order valence-corrected chi connectivity index (χ2v) is 3.97. The molecular weight excluding hydrogens is 235 g/mol. The van der Waals surface area contributed by atoms with E-state index in [2.05, 4.69) is 4.98 Å². The molecule has 0 aromatic carbocycles. The highest BCUT2D eigenvalue weighted by molar-refractivity contribution is 7.79. The summed E-state index contributed by atoms with van der Waals surface area (Å²) in [6.07, 6.45) is -2.83. The van der Waals surface area contributed by atoms with Gasteiger partial charge in [0.05, 0.1) is 5.92 Å². The summed E-state index contributed by atoms with van der Waals surface area (Å²) < 4.78 is 37.5. The number of halogens is 3. The van der Waals surface area contributed by atoms with Crippen LogP contribution in [-0.4, -0.2) is 16.5 Å². The third-order valence-electron chi connectivity index (χ3n) is 2.47. The molecule has 0 saturated carbocycles. The Labute approximate surface area is 97.7 Å². The minimum absolute atomic E-state index is 0.115. The van der Waals surface area contributed by atoms with E-state index in [1.807, 2.05) is 0 Å². The third kappa shape index (κ3) is 3.01. The first kappa shape index (κ1) is 13.1. The molecule has 1 nitrogen and oxygen atoms in total. The van der Waals surface area contributed by atoms with Crippen LogP contribution >= 0.6 is 12.2 Å². The summed E-state index contributed by atoms with van der Waals surface area (Å²) in [4.78, 5) is 4.01. The normalized spacial score (nSPS) is 15.6. The molecular formula is C11H12F3NS. The monoisotopic (exact) mass is 247 g/mol. The van der Waals surface area contributed by atoms with Crippen LogP contribution in [0.1, 0.15) is 36.9 Å². The molecule has 0 radical (unpaired) electrons. The van der Waals surface area contributed by atoms with Gasteiger partial charge in [-0.25, -0.2) is 0 Å². The van der Waals surface area contributed by atoms with Crippen LogP contribution in [0.3, 0.4) is 0 Å². The van der Waals surface area contributed by atoms with Crippen molar-refractivity contribution in [2.24, 2.45) is 0 Å². The first-order chi connectivity index (χ1) is 7.36. The van der Waals surface area contributed by atoms with Gasteiger partial charge >= 0.3 is 6.18 Å². The van der Waals surface area contributed by atoms with Gasteiger partial charge in [0.1, 0.15) is 0 Å². The molecule has 1 aromatic heterocycles. The first-order valence-electron chi connectivity index (χ1n) is 4.84. The Morgan fingerprint density at radius 2 is 2.00 bits per heavy atom. The van der Waals surface area contributed by atoms with Crippen molar-refractivity contribution in [2.45, 2.75) is 31.9 Å². The molecule has 0 aliphatic rings. The van der Waals surface area contributed by atoms with E-state index in [1.165, 1.54) is 23.7 Å². The maximum Gasteiger partial charge on any atom is 0.395 e. The maximum atomic E-state index is 12.5. The van der Waals surface area contributed by atoms with Crippen molar-refractivity contribution in [1.82, 2.24) is 4.98 Å². The molecule has 0 amide bonds. The van der Waals surface area contributed by atoms with E-state index in [4.69, 9.17) is 12.2 Å². The molecule has 1 aromatic rings. The van der Waals surface area contributed by atoms with Crippen LogP contribution in [-0.2, 0) is 0 Å². The zero-order valence-electron chi connectivity index (χ0n) is 8.95. The highest BCUT2D eigenvalue weighted by Gasteiger charge is 2.37. The number of rotatable bonds is 3. The largest absolute Gasteiger partial charge is 0.395 e. The highest BCUT2D eigenvalue weighted by atomic mass is 32.1. The fourth-order valence-electron chi connectivity index (χ4n) is 1.24. The summed E-state index contributed by atoms with van der Waals surface area (Å²) in [6.45, 7) is 2.94. The van der Waals surface area contributed by atoms with Crippen LogP contribution < -0.4 is 0 Å². The summed E-state index contributed by atoms with van der Waals surface area (Å²) in [6, 6.07) is 2.85. The number of nitrogens with zero attached hydrogens (tertiary/aromatic N) is 1. The molecule has 2 atom stereocenters. The van der Waals surface area contributed by atoms with Crippen LogP contribution in [0, 0.1) is 0 Å². The summed E-state index contributed by atoms with van der Waals surface area (Å²) in [5, 5.41) is 1.49. The lowest BCUT2D eigenvalue weighted by Gasteiger charge is -2.16. The standard InChI is InChI=1S/C11H12F3NS/c1-7(6-16)10-5-9(3-4-15-10)8(2)11(12,13)14/h3-8H,1-2H3. The molecule has 0 saturated heterocycles. The lowest BCUT2D eigenvalue weighted by atomic mass is 9.98.